The molecule has 10 nitrogen and oxygen atoms in total. The van der Waals surface area contributed by atoms with Crippen LogP contribution in [0.15, 0.2) is 59.4 Å². The number of hydrogen-bond donors (Lipinski definition) is 1. The van der Waals surface area contributed by atoms with Gasteiger partial charge >= 0.3 is 0 Å². The minimum absolute atomic E-state index is 0.174. The summed E-state index contributed by atoms with van der Waals surface area (Å²) in [6.07, 6.45) is 0. The Morgan fingerprint density at radius 2 is 1.71 bits per heavy atom. The number of amides is 1. The molecule has 0 spiro atoms. The molecule has 176 valence electrons. The van der Waals surface area contributed by atoms with Crippen molar-refractivity contribution in [3.63, 3.8) is 0 Å². The van der Waals surface area contributed by atoms with E-state index in [1.165, 1.54) is 22.9 Å². The average Bonchev–Trinajstić information content (AvgIpc) is 2.84. The fourth-order valence-corrected chi connectivity index (χ4v) is 4.09. The van der Waals surface area contributed by atoms with Gasteiger partial charge < -0.3 is 15.1 Å². The fourth-order valence-electron chi connectivity index (χ4n) is 4.09. The number of aryl methyl sites for hydroxylation is 1. The van der Waals surface area contributed by atoms with Crippen LogP contribution in [-0.2, 0) is 0 Å². The van der Waals surface area contributed by atoms with Crippen molar-refractivity contribution in [2.24, 2.45) is 0 Å². The number of aromatic nitrogens is 2. The summed E-state index contributed by atoms with van der Waals surface area (Å²) in [7, 11) is 0. The van der Waals surface area contributed by atoms with Crippen molar-refractivity contribution < 1.29 is 9.72 Å². The smallest absolute Gasteiger partial charge is 0.294 e. The third-order valence-electron chi connectivity index (χ3n) is 5.94. The monoisotopic (exact) mass is 462 g/mol. The molecule has 1 aliphatic heterocycles. The molecule has 1 aliphatic rings. The van der Waals surface area contributed by atoms with Crippen molar-refractivity contribution in [1.29, 1.82) is 0 Å². The van der Waals surface area contributed by atoms with Gasteiger partial charge in [0.25, 0.3) is 11.6 Å². The minimum Gasteiger partial charge on any atom is -0.367 e. The van der Waals surface area contributed by atoms with Crippen LogP contribution in [0.1, 0.15) is 23.1 Å². The quantitative estimate of drug-likeness (QED) is 0.443. The van der Waals surface area contributed by atoms with Gasteiger partial charge in [0.05, 0.1) is 16.3 Å². The van der Waals surface area contributed by atoms with Gasteiger partial charge in [0.15, 0.2) is 5.69 Å². The number of rotatable bonds is 6. The maximum absolute atomic E-state index is 13.1. The largest absolute Gasteiger partial charge is 0.367 e. The molecule has 0 radical (unpaired) electrons. The van der Waals surface area contributed by atoms with Crippen molar-refractivity contribution in [3.05, 3.63) is 86.3 Å². The summed E-state index contributed by atoms with van der Waals surface area (Å²) in [6.45, 7) is 8.25. The molecular formula is C24H26N6O4. The van der Waals surface area contributed by atoms with Crippen molar-refractivity contribution >= 4 is 23.0 Å². The zero-order valence-corrected chi connectivity index (χ0v) is 19.1. The van der Waals surface area contributed by atoms with E-state index in [1.807, 2.05) is 18.2 Å². The molecule has 0 atom stereocenters. The SMILES string of the molecule is CCN1CCN(c2ccccc2NC(=O)c2nn(-c3ccccc3[N+](=O)[O-])c(C)cc2=O)CC1. The van der Waals surface area contributed by atoms with Crippen LogP contribution in [0.5, 0.6) is 0 Å². The van der Waals surface area contributed by atoms with Gasteiger partial charge in [0.1, 0.15) is 5.69 Å². The minimum atomic E-state index is -0.669. The van der Waals surface area contributed by atoms with Crippen LogP contribution in [0.4, 0.5) is 17.1 Å². The summed E-state index contributed by atoms with van der Waals surface area (Å²) in [4.78, 5) is 41.3. The number of nitrogens with zero attached hydrogens (tertiary/aromatic N) is 5. The van der Waals surface area contributed by atoms with Gasteiger partial charge in [0, 0.05) is 44.0 Å². The first-order valence-electron chi connectivity index (χ1n) is 11.1. The number of carbonyl (C=O) groups is 1. The Morgan fingerprint density at radius 1 is 1.06 bits per heavy atom. The summed E-state index contributed by atoms with van der Waals surface area (Å²) in [5.74, 6) is -0.669. The maximum Gasteiger partial charge on any atom is 0.294 e. The van der Waals surface area contributed by atoms with E-state index < -0.39 is 16.3 Å². The number of nitro benzene ring substituents is 1. The van der Waals surface area contributed by atoms with Crippen LogP contribution in [0.2, 0.25) is 0 Å². The molecule has 10 heteroatoms. The molecule has 1 amide bonds. The van der Waals surface area contributed by atoms with Crippen LogP contribution in [0.25, 0.3) is 5.69 Å². The zero-order valence-electron chi connectivity index (χ0n) is 19.1. The number of likely N-dealkylation sites (N-methyl/N-ethyl adjacent to an activating group) is 1. The highest BCUT2D eigenvalue weighted by atomic mass is 16.6. The van der Waals surface area contributed by atoms with Crippen LogP contribution >= 0.6 is 0 Å². The molecular weight excluding hydrogens is 436 g/mol. The maximum atomic E-state index is 13.1. The molecule has 1 N–H and O–H groups in total. The average molecular weight is 463 g/mol. The molecule has 0 aliphatic carbocycles. The Hall–Kier alpha value is -4.05. The Bertz CT molecular complexity index is 1280. The van der Waals surface area contributed by atoms with E-state index in [-0.39, 0.29) is 17.1 Å². The molecule has 2 aromatic carbocycles. The molecule has 1 fully saturated rings. The lowest BCUT2D eigenvalue weighted by Gasteiger charge is -2.36. The zero-order chi connectivity index (χ0) is 24.2. The Morgan fingerprint density at radius 3 is 2.38 bits per heavy atom. The topological polar surface area (TPSA) is 114 Å². The first-order valence-corrected chi connectivity index (χ1v) is 11.1. The van der Waals surface area contributed by atoms with E-state index in [4.69, 9.17) is 0 Å². The predicted molar refractivity (Wildman–Crippen MR) is 130 cm³/mol. The number of piperazine rings is 1. The van der Waals surface area contributed by atoms with Crippen molar-refractivity contribution in [2.45, 2.75) is 13.8 Å². The number of carbonyl (C=O) groups excluding carboxylic acids is 1. The van der Waals surface area contributed by atoms with Crippen LogP contribution in [-0.4, -0.2) is 58.2 Å². The van der Waals surface area contributed by atoms with Gasteiger partial charge in [0.2, 0.25) is 5.43 Å². The molecule has 2 heterocycles. The highest BCUT2D eigenvalue weighted by Gasteiger charge is 2.22. The summed E-state index contributed by atoms with van der Waals surface area (Å²) in [5.41, 5.74) is 0.936. The Labute approximate surface area is 196 Å². The molecule has 0 unspecified atom stereocenters. The normalized spacial score (nSPS) is 14.1. The number of hydrogen-bond acceptors (Lipinski definition) is 7. The third-order valence-corrected chi connectivity index (χ3v) is 5.94. The Kier molecular flexibility index (Phi) is 6.69. The van der Waals surface area contributed by atoms with E-state index in [2.05, 4.69) is 27.1 Å². The molecule has 0 saturated carbocycles. The molecule has 3 aromatic rings. The summed E-state index contributed by atoms with van der Waals surface area (Å²) in [6, 6.07) is 14.8. The summed E-state index contributed by atoms with van der Waals surface area (Å²) < 4.78 is 1.25. The number of para-hydroxylation sites is 4. The van der Waals surface area contributed by atoms with Gasteiger partial charge in [-0.3, -0.25) is 19.7 Å². The highest BCUT2D eigenvalue weighted by molar-refractivity contribution is 6.04. The molecule has 1 aromatic heterocycles. The lowest BCUT2D eigenvalue weighted by Crippen LogP contribution is -2.46. The number of nitrogens with one attached hydrogen (secondary N) is 1. The van der Waals surface area contributed by atoms with E-state index in [0.717, 1.165) is 38.4 Å². The fraction of sp³-hybridized carbons (Fsp3) is 0.292. The lowest BCUT2D eigenvalue weighted by molar-refractivity contribution is -0.384. The van der Waals surface area contributed by atoms with Gasteiger partial charge in [-0.25, -0.2) is 4.68 Å². The Balaban J connectivity index is 1.65. The van der Waals surface area contributed by atoms with Crippen molar-refractivity contribution in [3.8, 4) is 5.69 Å². The molecule has 34 heavy (non-hydrogen) atoms. The first-order chi connectivity index (χ1) is 16.4. The van der Waals surface area contributed by atoms with E-state index in [9.17, 15) is 19.7 Å². The van der Waals surface area contributed by atoms with Gasteiger partial charge in [-0.2, -0.15) is 5.10 Å². The van der Waals surface area contributed by atoms with Gasteiger partial charge in [-0.05, 0) is 31.7 Å². The number of benzene rings is 2. The lowest BCUT2D eigenvalue weighted by atomic mass is 10.2. The third kappa shape index (κ3) is 4.67. The standard InChI is InChI=1S/C24H26N6O4/c1-3-27-12-14-28(15-13-27)19-9-5-4-8-18(19)25-24(32)23-22(31)16-17(2)29(26-23)20-10-6-7-11-21(20)30(33)34/h4-11,16H,3,12-15H2,1-2H3,(H,25,32). The number of nitro groups is 1. The van der Waals surface area contributed by atoms with E-state index in [1.54, 1.807) is 25.1 Å². The highest BCUT2D eigenvalue weighted by Crippen LogP contribution is 2.27. The second-order valence-corrected chi connectivity index (χ2v) is 8.05. The van der Waals surface area contributed by atoms with Crippen LogP contribution in [0.3, 0.4) is 0 Å². The summed E-state index contributed by atoms with van der Waals surface area (Å²) in [5, 5.41) is 18.5. The second kappa shape index (κ2) is 9.84. The summed E-state index contributed by atoms with van der Waals surface area (Å²) >= 11 is 0. The van der Waals surface area contributed by atoms with Crippen LogP contribution in [0, 0.1) is 17.0 Å². The van der Waals surface area contributed by atoms with Crippen molar-refractivity contribution in [2.75, 3.05) is 42.9 Å². The first kappa shape index (κ1) is 23.1. The molecule has 1 saturated heterocycles. The van der Waals surface area contributed by atoms with Crippen molar-refractivity contribution in [1.82, 2.24) is 14.7 Å². The van der Waals surface area contributed by atoms with E-state index in [0.29, 0.717) is 11.4 Å². The predicted octanol–water partition coefficient (Wildman–Crippen LogP) is 2.84. The molecule has 4 rings (SSSR count). The van der Waals surface area contributed by atoms with Gasteiger partial charge in [-0.15, -0.1) is 0 Å². The van der Waals surface area contributed by atoms with Crippen LogP contribution < -0.4 is 15.6 Å². The second-order valence-electron chi connectivity index (χ2n) is 8.05. The van der Waals surface area contributed by atoms with Gasteiger partial charge in [-0.1, -0.05) is 31.2 Å². The molecule has 0 bridgehead atoms. The van der Waals surface area contributed by atoms with E-state index >= 15 is 0 Å². The number of anilines is 2.